The molecule has 23 heavy (non-hydrogen) atoms. The number of nitro groups is 1. The largest absolute Gasteiger partial charge is 0.361 e. The Kier molecular flexibility index (Phi) is 2.97. The Labute approximate surface area is 132 Å². The van der Waals surface area contributed by atoms with E-state index in [9.17, 15) is 10.1 Å². The van der Waals surface area contributed by atoms with E-state index in [-0.39, 0.29) is 10.6 Å². The van der Waals surface area contributed by atoms with E-state index in [2.05, 4.69) is 10.1 Å². The second-order valence-corrected chi connectivity index (χ2v) is 6.16. The van der Waals surface area contributed by atoms with Crippen molar-refractivity contribution in [1.82, 2.24) is 14.7 Å². The Morgan fingerprint density at radius 1 is 1.39 bits per heavy atom. The first-order chi connectivity index (χ1) is 11.0. The van der Waals surface area contributed by atoms with Crippen LogP contribution in [0.25, 0.3) is 22.2 Å². The summed E-state index contributed by atoms with van der Waals surface area (Å²) < 4.78 is 7.22. The Balaban J connectivity index is 1.96. The molecule has 1 fully saturated rings. The van der Waals surface area contributed by atoms with Gasteiger partial charge in [-0.25, -0.2) is 4.98 Å². The van der Waals surface area contributed by atoms with Gasteiger partial charge in [0.25, 0.3) is 5.69 Å². The fourth-order valence-corrected chi connectivity index (χ4v) is 3.05. The second kappa shape index (κ2) is 4.91. The standard InChI is InChI=1S/C16H16N4O3/c1-9-15(10(2)23-18-9)12-5-13-16(14(6-12)20(21)22)17-8-19(13)7-11-3-4-11/h5-6,8,11H,3-4,7H2,1-2H3. The zero-order chi connectivity index (χ0) is 16.1. The molecule has 1 aliphatic rings. The van der Waals surface area contributed by atoms with Crippen molar-refractivity contribution in [2.45, 2.75) is 33.2 Å². The van der Waals surface area contributed by atoms with Gasteiger partial charge in [0.05, 0.1) is 22.5 Å². The molecule has 2 heterocycles. The molecule has 0 atom stereocenters. The summed E-state index contributed by atoms with van der Waals surface area (Å²) in [6.45, 7) is 4.51. The van der Waals surface area contributed by atoms with Crippen molar-refractivity contribution in [3.05, 3.63) is 40.0 Å². The summed E-state index contributed by atoms with van der Waals surface area (Å²) in [6, 6.07) is 3.51. The number of hydrogen-bond acceptors (Lipinski definition) is 5. The Hall–Kier alpha value is -2.70. The average molecular weight is 312 g/mol. The summed E-state index contributed by atoms with van der Waals surface area (Å²) in [5.74, 6) is 1.32. The zero-order valence-electron chi connectivity index (χ0n) is 12.9. The summed E-state index contributed by atoms with van der Waals surface area (Å²) in [4.78, 5) is 15.4. The lowest BCUT2D eigenvalue weighted by Gasteiger charge is -2.06. The summed E-state index contributed by atoms with van der Waals surface area (Å²) in [5, 5.41) is 15.4. The molecule has 3 aromatic rings. The van der Waals surface area contributed by atoms with Gasteiger partial charge in [-0.3, -0.25) is 10.1 Å². The van der Waals surface area contributed by atoms with E-state index in [0.717, 1.165) is 28.9 Å². The number of nitro benzene ring substituents is 1. The number of aryl methyl sites for hydroxylation is 2. The quantitative estimate of drug-likeness (QED) is 0.542. The van der Waals surface area contributed by atoms with Crippen LogP contribution in [0.1, 0.15) is 24.3 Å². The number of non-ortho nitro benzene ring substituents is 1. The Morgan fingerprint density at radius 2 is 2.17 bits per heavy atom. The van der Waals surface area contributed by atoms with E-state index >= 15 is 0 Å². The summed E-state index contributed by atoms with van der Waals surface area (Å²) in [6.07, 6.45) is 4.13. The molecule has 118 valence electrons. The fraction of sp³-hybridized carbons (Fsp3) is 0.375. The first kappa shape index (κ1) is 13.9. The SMILES string of the molecule is Cc1noc(C)c1-c1cc([N+](=O)[O-])c2ncn(CC3CC3)c2c1. The molecule has 0 aliphatic heterocycles. The molecular formula is C16H16N4O3. The van der Waals surface area contributed by atoms with Crippen molar-refractivity contribution in [3.8, 4) is 11.1 Å². The molecule has 7 nitrogen and oxygen atoms in total. The van der Waals surface area contributed by atoms with Gasteiger partial charge in [-0.15, -0.1) is 0 Å². The molecule has 0 radical (unpaired) electrons. The summed E-state index contributed by atoms with van der Waals surface area (Å²) in [7, 11) is 0. The molecule has 0 saturated heterocycles. The highest BCUT2D eigenvalue weighted by Crippen LogP contribution is 2.36. The monoisotopic (exact) mass is 312 g/mol. The van der Waals surface area contributed by atoms with Crippen molar-refractivity contribution in [2.75, 3.05) is 0 Å². The lowest BCUT2D eigenvalue weighted by atomic mass is 10.0. The third-order valence-corrected chi connectivity index (χ3v) is 4.38. The van der Waals surface area contributed by atoms with Crippen molar-refractivity contribution in [2.24, 2.45) is 5.92 Å². The summed E-state index contributed by atoms with van der Waals surface area (Å²) >= 11 is 0. The Bertz CT molecular complexity index is 901. The second-order valence-electron chi connectivity index (χ2n) is 6.16. The van der Waals surface area contributed by atoms with Crippen molar-refractivity contribution in [1.29, 1.82) is 0 Å². The highest BCUT2D eigenvalue weighted by molar-refractivity contribution is 5.90. The number of benzene rings is 1. The average Bonchev–Trinajstić information content (AvgIpc) is 3.15. The molecule has 0 N–H and O–H groups in total. The molecule has 7 heteroatoms. The third kappa shape index (κ3) is 2.28. The highest BCUT2D eigenvalue weighted by Gasteiger charge is 2.25. The number of imidazole rings is 1. The topological polar surface area (TPSA) is 87.0 Å². The van der Waals surface area contributed by atoms with Crippen molar-refractivity contribution < 1.29 is 9.45 Å². The van der Waals surface area contributed by atoms with E-state index < -0.39 is 0 Å². The lowest BCUT2D eigenvalue weighted by Crippen LogP contribution is -1.98. The van der Waals surface area contributed by atoms with E-state index in [0.29, 0.717) is 17.2 Å². The number of rotatable bonds is 4. The van der Waals surface area contributed by atoms with Crippen LogP contribution < -0.4 is 0 Å². The molecule has 0 bridgehead atoms. The molecule has 2 aromatic heterocycles. The van der Waals surface area contributed by atoms with Crippen LogP contribution in [0.15, 0.2) is 23.0 Å². The number of hydrogen-bond donors (Lipinski definition) is 0. The third-order valence-electron chi connectivity index (χ3n) is 4.38. The van der Waals surface area contributed by atoms with Crippen LogP contribution in [-0.2, 0) is 6.54 Å². The van der Waals surface area contributed by atoms with E-state index in [1.807, 2.05) is 24.5 Å². The van der Waals surface area contributed by atoms with Crippen LogP contribution in [0, 0.1) is 29.9 Å². The van der Waals surface area contributed by atoms with Gasteiger partial charge in [0.15, 0.2) is 5.52 Å². The van der Waals surface area contributed by atoms with Gasteiger partial charge >= 0.3 is 0 Å². The van der Waals surface area contributed by atoms with Crippen LogP contribution in [-0.4, -0.2) is 19.6 Å². The predicted octanol–water partition coefficient (Wildman–Crippen LogP) is 3.63. The molecule has 4 rings (SSSR count). The minimum absolute atomic E-state index is 0.0204. The lowest BCUT2D eigenvalue weighted by molar-refractivity contribution is -0.383. The zero-order valence-corrected chi connectivity index (χ0v) is 12.9. The number of aromatic nitrogens is 3. The minimum Gasteiger partial charge on any atom is -0.361 e. The number of nitrogens with zero attached hydrogens (tertiary/aromatic N) is 4. The van der Waals surface area contributed by atoms with Crippen LogP contribution in [0.4, 0.5) is 5.69 Å². The highest BCUT2D eigenvalue weighted by atomic mass is 16.6. The van der Waals surface area contributed by atoms with Gasteiger partial charge in [0, 0.05) is 18.2 Å². The molecule has 1 aliphatic carbocycles. The summed E-state index contributed by atoms with van der Waals surface area (Å²) in [5.41, 5.74) is 3.54. The first-order valence-electron chi connectivity index (χ1n) is 7.61. The van der Waals surface area contributed by atoms with E-state index in [1.54, 1.807) is 12.4 Å². The van der Waals surface area contributed by atoms with E-state index in [4.69, 9.17) is 4.52 Å². The molecule has 0 amide bonds. The molecule has 1 aromatic carbocycles. The van der Waals surface area contributed by atoms with Gasteiger partial charge in [0.2, 0.25) is 0 Å². The maximum absolute atomic E-state index is 11.5. The molecule has 0 unspecified atom stereocenters. The van der Waals surface area contributed by atoms with Crippen molar-refractivity contribution >= 4 is 16.7 Å². The van der Waals surface area contributed by atoms with Gasteiger partial charge < -0.3 is 9.09 Å². The van der Waals surface area contributed by atoms with Crippen LogP contribution in [0.3, 0.4) is 0 Å². The smallest absolute Gasteiger partial charge is 0.297 e. The predicted molar refractivity (Wildman–Crippen MR) is 84.1 cm³/mol. The van der Waals surface area contributed by atoms with Crippen LogP contribution in [0.2, 0.25) is 0 Å². The van der Waals surface area contributed by atoms with Gasteiger partial charge in [0.1, 0.15) is 5.76 Å². The minimum atomic E-state index is -0.377. The van der Waals surface area contributed by atoms with Gasteiger partial charge in [-0.2, -0.15) is 0 Å². The van der Waals surface area contributed by atoms with Gasteiger partial charge in [-0.1, -0.05) is 5.16 Å². The fourth-order valence-electron chi connectivity index (χ4n) is 3.05. The van der Waals surface area contributed by atoms with Crippen LogP contribution >= 0.6 is 0 Å². The molecule has 0 spiro atoms. The van der Waals surface area contributed by atoms with E-state index in [1.165, 1.54) is 12.8 Å². The maximum atomic E-state index is 11.5. The Morgan fingerprint density at radius 3 is 2.78 bits per heavy atom. The normalized spacial score (nSPS) is 14.5. The van der Waals surface area contributed by atoms with Crippen LogP contribution in [0.5, 0.6) is 0 Å². The van der Waals surface area contributed by atoms with Crippen molar-refractivity contribution in [3.63, 3.8) is 0 Å². The van der Waals surface area contributed by atoms with Gasteiger partial charge in [-0.05, 0) is 44.2 Å². The molecular weight excluding hydrogens is 296 g/mol. The number of fused-ring (bicyclic) bond motifs is 1. The maximum Gasteiger partial charge on any atom is 0.297 e. The first-order valence-corrected chi connectivity index (χ1v) is 7.61. The molecule has 1 saturated carbocycles.